The normalized spacial score (nSPS) is 14.6. The molecule has 1 amide bonds. The van der Waals surface area contributed by atoms with Crippen molar-refractivity contribution in [3.63, 3.8) is 0 Å². The molecule has 118 valence electrons. The molecule has 0 aromatic carbocycles. The molecule has 0 saturated heterocycles. The molecule has 0 aliphatic carbocycles. The van der Waals surface area contributed by atoms with E-state index >= 15 is 0 Å². The van der Waals surface area contributed by atoms with Crippen LogP contribution in [0.15, 0.2) is 0 Å². The van der Waals surface area contributed by atoms with Gasteiger partial charge in [0.15, 0.2) is 6.04 Å². The molecule has 0 spiro atoms. The van der Waals surface area contributed by atoms with Crippen LogP contribution < -0.4 is 5.32 Å². The molecular formula is C13H26N2O5. The molecule has 0 aromatic rings. The first-order valence-electron chi connectivity index (χ1n) is 6.47. The highest BCUT2D eigenvalue weighted by molar-refractivity contribution is 5.82. The third-order valence-corrected chi connectivity index (χ3v) is 2.38. The first-order valence-corrected chi connectivity index (χ1v) is 6.47. The van der Waals surface area contributed by atoms with E-state index in [0.29, 0.717) is 13.0 Å². The number of esters is 1. The van der Waals surface area contributed by atoms with E-state index in [1.807, 2.05) is 19.0 Å². The van der Waals surface area contributed by atoms with Crippen LogP contribution in [0.5, 0.6) is 0 Å². The van der Waals surface area contributed by atoms with Crippen molar-refractivity contribution in [1.82, 2.24) is 10.2 Å². The Hall–Kier alpha value is -1.34. The van der Waals surface area contributed by atoms with E-state index in [1.54, 1.807) is 20.8 Å². The Labute approximate surface area is 120 Å². The number of aliphatic hydroxyl groups excluding tert-OH is 1. The zero-order valence-electron chi connectivity index (χ0n) is 13.1. The Kier molecular flexibility index (Phi) is 7.52. The first-order chi connectivity index (χ1) is 9.06. The summed E-state index contributed by atoms with van der Waals surface area (Å²) in [5.74, 6) is -0.706. The minimum Gasteiger partial charge on any atom is -0.467 e. The number of aliphatic hydroxyl groups is 1. The molecule has 0 bridgehead atoms. The summed E-state index contributed by atoms with van der Waals surface area (Å²) >= 11 is 0. The molecule has 2 atom stereocenters. The van der Waals surface area contributed by atoms with Crippen molar-refractivity contribution in [2.45, 2.75) is 44.9 Å². The van der Waals surface area contributed by atoms with Crippen molar-refractivity contribution in [2.75, 3.05) is 27.7 Å². The summed E-state index contributed by atoms with van der Waals surface area (Å²) in [4.78, 5) is 25.2. The summed E-state index contributed by atoms with van der Waals surface area (Å²) in [6.07, 6.45) is -1.49. The van der Waals surface area contributed by atoms with Gasteiger partial charge in [-0.05, 0) is 41.3 Å². The number of carbonyl (C=O) groups excluding carboxylic acids is 2. The van der Waals surface area contributed by atoms with Crippen LogP contribution in [0.1, 0.15) is 27.2 Å². The van der Waals surface area contributed by atoms with E-state index in [4.69, 9.17) is 4.74 Å². The maximum Gasteiger partial charge on any atom is 0.408 e. The van der Waals surface area contributed by atoms with Crippen molar-refractivity contribution in [2.24, 2.45) is 0 Å². The van der Waals surface area contributed by atoms with Crippen molar-refractivity contribution in [3.05, 3.63) is 0 Å². The SMILES string of the molecule is COC(=O)C(NC(=O)OC(C)(C)C)C(O)CCN(C)C. The molecule has 20 heavy (non-hydrogen) atoms. The molecule has 0 aliphatic heterocycles. The average Bonchev–Trinajstić information content (AvgIpc) is 2.29. The fourth-order valence-corrected chi connectivity index (χ4v) is 1.43. The van der Waals surface area contributed by atoms with Crippen LogP contribution in [0.4, 0.5) is 4.79 Å². The Morgan fingerprint density at radius 1 is 1.30 bits per heavy atom. The highest BCUT2D eigenvalue weighted by atomic mass is 16.6. The van der Waals surface area contributed by atoms with Gasteiger partial charge in [-0.25, -0.2) is 9.59 Å². The Morgan fingerprint density at radius 2 is 1.85 bits per heavy atom. The minimum absolute atomic E-state index is 0.322. The molecule has 0 aliphatic rings. The zero-order valence-corrected chi connectivity index (χ0v) is 13.1. The predicted molar refractivity (Wildman–Crippen MR) is 74.4 cm³/mol. The lowest BCUT2D eigenvalue weighted by molar-refractivity contribution is -0.146. The number of hydrogen-bond donors (Lipinski definition) is 2. The number of nitrogens with zero attached hydrogens (tertiary/aromatic N) is 1. The standard InChI is InChI=1S/C13H26N2O5/c1-13(2,3)20-12(18)14-10(11(17)19-6)9(16)7-8-15(4)5/h9-10,16H,7-8H2,1-6H3,(H,14,18). The molecule has 0 heterocycles. The van der Waals surface area contributed by atoms with Crippen molar-refractivity contribution in [1.29, 1.82) is 0 Å². The number of ether oxygens (including phenoxy) is 2. The highest BCUT2D eigenvalue weighted by Gasteiger charge is 2.31. The van der Waals surface area contributed by atoms with Gasteiger partial charge in [-0.1, -0.05) is 0 Å². The molecule has 7 heteroatoms. The van der Waals surface area contributed by atoms with Crippen molar-refractivity contribution >= 4 is 12.1 Å². The largest absolute Gasteiger partial charge is 0.467 e. The fourth-order valence-electron chi connectivity index (χ4n) is 1.43. The van der Waals surface area contributed by atoms with Crippen LogP contribution in [0.25, 0.3) is 0 Å². The van der Waals surface area contributed by atoms with Crippen molar-refractivity contribution in [3.8, 4) is 0 Å². The van der Waals surface area contributed by atoms with E-state index in [9.17, 15) is 14.7 Å². The van der Waals surface area contributed by atoms with Gasteiger partial charge in [-0.3, -0.25) is 0 Å². The van der Waals surface area contributed by atoms with Gasteiger partial charge in [0, 0.05) is 6.54 Å². The maximum atomic E-state index is 11.7. The van der Waals surface area contributed by atoms with E-state index in [1.165, 1.54) is 7.11 Å². The molecule has 0 aromatic heterocycles. The van der Waals surface area contributed by atoms with Crippen LogP contribution in [0, 0.1) is 0 Å². The lowest BCUT2D eigenvalue weighted by Crippen LogP contribution is -2.51. The van der Waals surface area contributed by atoms with E-state index in [2.05, 4.69) is 10.1 Å². The zero-order chi connectivity index (χ0) is 15.9. The van der Waals surface area contributed by atoms with Gasteiger partial charge in [0.05, 0.1) is 13.2 Å². The Bertz CT molecular complexity index is 325. The van der Waals surface area contributed by atoms with Crippen LogP contribution in [0.3, 0.4) is 0 Å². The smallest absolute Gasteiger partial charge is 0.408 e. The number of carbonyl (C=O) groups is 2. The van der Waals surface area contributed by atoms with Crippen LogP contribution >= 0.6 is 0 Å². The molecule has 0 radical (unpaired) electrons. The van der Waals surface area contributed by atoms with Gasteiger partial charge in [-0.2, -0.15) is 0 Å². The minimum atomic E-state index is -1.14. The second-order valence-corrected chi connectivity index (χ2v) is 5.81. The van der Waals surface area contributed by atoms with Crippen molar-refractivity contribution < 1.29 is 24.2 Å². The molecule has 0 rings (SSSR count). The third-order valence-electron chi connectivity index (χ3n) is 2.38. The maximum absolute atomic E-state index is 11.7. The molecular weight excluding hydrogens is 264 g/mol. The van der Waals surface area contributed by atoms with Crippen LogP contribution in [-0.2, 0) is 14.3 Å². The van der Waals surface area contributed by atoms with Gasteiger partial charge >= 0.3 is 12.1 Å². The summed E-state index contributed by atoms with van der Waals surface area (Å²) < 4.78 is 9.65. The summed E-state index contributed by atoms with van der Waals surface area (Å²) in [6.45, 7) is 5.71. The van der Waals surface area contributed by atoms with E-state index in [-0.39, 0.29) is 0 Å². The summed E-state index contributed by atoms with van der Waals surface area (Å²) in [5.41, 5.74) is -0.681. The summed E-state index contributed by atoms with van der Waals surface area (Å²) in [6, 6.07) is -1.14. The highest BCUT2D eigenvalue weighted by Crippen LogP contribution is 2.08. The molecule has 0 fully saturated rings. The number of rotatable bonds is 6. The quantitative estimate of drug-likeness (QED) is 0.687. The summed E-state index contributed by atoms with van der Waals surface area (Å²) in [7, 11) is 4.90. The monoisotopic (exact) mass is 290 g/mol. The molecule has 7 nitrogen and oxygen atoms in total. The van der Waals surface area contributed by atoms with Gasteiger partial charge < -0.3 is 24.8 Å². The van der Waals surface area contributed by atoms with Gasteiger partial charge in [-0.15, -0.1) is 0 Å². The lowest BCUT2D eigenvalue weighted by atomic mass is 10.1. The number of alkyl carbamates (subject to hydrolysis) is 1. The molecule has 2 N–H and O–H groups in total. The molecule has 0 saturated carbocycles. The fraction of sp³-hybridized carbons (Fsp3) is 0.846. The summed E-state index contributed by atoms with van der Waals surface area (Å²) in [5, 5.41) is 12.4. The lowest BCUT2D eigenvalue weighted by Gasteiger charge is -2.25. The second-order valence-electron chi connectivity index (χ2n) is 5.81. The number of hydrogen-bond acceptors (Lipinski definition) is 6. The van der Waals surface area contributed by atoms with Gasteiger partial charge in [0.2, 0.25) is 0 Å². The van der Waals surface area contributed by atoms with E-state index in [0.717, 1.165) is 0 Å². The van der Waals surface area contributed by atoms with E-state index < -0.39 is 29.8 Å². The average molecular weight is 290 g/mol. The topological polar surface area (TPSA) is 88.1 Å². The molecule has 2 unspecified atom stereocenters. The Morgan fingerprint density at radius 3 is 2.25 bits per heavy atom. The Balaban J connectivity index is 4.64. The van der Waals surface area contributed by atoms with Gasteiger partial charge in [0.1, 0.15) is 5.60 Å². The first kappa shape index (κ1) is 18.7. The number of nitrogens with one attached hydrogen (secondary N) is 1. The van der Waals surface area contributed by atoms with Crippen LogP contribution in [-0.4, -0.2) is 67.6 Å². The van der Waals surface area contributed by atoms with Crippen LogP contribution in [0.2, 0.25) is 0 Å². The number of amides is 1. The number of methoxy groups -OCH3 is 1. The third kappa shape index (κ3) is 7.96. The second kappa shape index (κ2) is 8.06. The predicted octanol–water partition coefficient (Wildman–Crippen LogP) is 0.365. The van der Waals surface area contributed by atoms with Gasteiger partial charge in [0.25, 0.3) is 0 Å².